The van der Waals surface area contributed by atoms with Crippen LogP contribution in [0.1, 0.15) is 75.3 Å². The van der Waals surface area contributed by atoms with Gasteiger partial charge in [-0.3, -0.25) is 0 Å². The summed E-state index contributed by atoms with van der Waals surface area (Å²) in [5, 5.41) is 0. The van der Waals surface area contributed by atoms with Crippen LogP contribution >= 0.6 is 0 Å². The molecule has 0 bridgehead atoms. The Morgan fingerprint density at radius 1 is 0.812 bits per heavy atom. The van der Waals surface area contributed by atoms with Gasteiger partial charge in [0.05, 0.1) is 13.2 Å². The van der Waals surface area contributed by atoms with Gasteiger partial charge in [-0.1, -0.05) is 50.5 Å². The van der Waals surface area contributed by atoms with Crippen molar-refractivity contribution >= 4 is 0 Å². The van der Waals surface area contributed by atoms with Gasteiger partial charge in [0.2, 0.25) is 0 Å². The van der Waals surface area contributed by atoms with Crippen LogP contribution in [0, 0.1) is 35.1 Å². The average Bonchev–Trinajstić information content (AvgIpc) is 3.04. The third-order valence-electron chi connectivity index (χ3n) is 8.90. The first kappa shape index (κ1) is 35.7. The van der Waals surface area contributed by atoms with Gasteiger partial charge in [-0.05, 0) is 66.8 Å². The monoisotopic (exact) mass is 684 g/mol. The van der Waals surface area contributed by atoms with Crippen LogP contribution in [0.2, 0.25) is 0 Å². The van der Waals surface area contributed by atoms with Crippen molar-refractivity contribution in [3.63, 3.8) is 0 Å². The van der Waals surface area contributed by atoms with E-state index in [0.29, 0.717) is 29.5 Å². The fraction of sp³-hybridized carbons (Fsp3) is 0.444. The maximum Gasteiger partial charge on any atom is 0.432 e. The minimum absolute atomic E-state index is 0.00820. The van der Waals surface area contributed by atoms with Crippen molar-refractivity contribution in [2.24, 2.45) is 11.8 Å². The smallest absolute Gasteiger partial charge is 0.432 e. The number of rotatable bonds is 12. The van der Waals surface area contributed by atoms with E-state index in [9.17, 15) is 35.1 Å². The van der Waals surface area contributed by atoms with Gasteiger partial charge in [-0.25, -0.2) is 17.6 Å². The number of ether oxygens (including phenoxy) is 4. The van der Waals surface area contributed by atoms with Gasteiger partial charge in [0.25, 0.3) is 0 Å². The summed E-state index contributed by atoms with van der Waals surface area (Å²) >= 11 is 0. The predicted molar refractivity (Wildman–Crippen MR) is 162 cm³/mol. The summed E-state index contributed by atoms with van der Waals surface area (Å²) in [5.74, 6) is -8.04. The molecule has 0 spiro atoms. The maximum absolute atomic E-state index is 15.0. The van der Waals surface area contributed by atoms with Gasteiger partial charge in [0.1, 0.15) is 22.9 Å². The highest BCUT2D eigenvalue weighted by atomic mass is 19.3. The summed E-state index contributed by atoms with van der Waals surface area (Å²) in [4.78, 5) is 0. The Morgan fingerprint density at radius 2 is 1.42 bits per heavy atom. The van der Waals surface area contributed by atoms with Crippen LogP contribution in [-0.2, 0) is 15.6 Å². The van der Waals surface area contributed by atoms with E-state index in [1.807, 2.05) is 12.1 Å². The number of hydrogen-bond acceptors (Lipinski definition) is 4. The van der Waals surface area contributed by atoms with E-state index in [1.54, 1.807) is 12.1 Å². The van der Waals surface area contributed by atoms with Gasteiger partial charge >= 0.3 is 12.2 Å². The van der Waals surface area contributed by atoms with E-state index >= 15 is 0 Å². The molecule has 0 atom stereocenters. The molecule has 1 heterocycles. The van der Waals surface area contributed by atoms with Crippen molar-refractivity contribution in [3.8, 4) is 22.6 Å². The topological polar surface area (TPSA) is 36.9 Å². The van der Waals surface area contributed by atoms with Crippen LogP contribution in [0.25, 0.3) is 11.1 Å². The Hall–Kier alpha value is -3.64. The van der Waals surface area contributed by atoms with Crippen LogP contribution < -0.4 is 9.47 Å². The molecule has 1 saturated carbocycles. The quantitative estimate of drug-likeness (QED) is 0.108. The predicted octanol–water partition coefficient (Wildman–Crippen LogP) is 11.0. The van der Waals surface area contributed by atoms with Gasteiger partial charge < -0.3 is 18.9 Å². The molecule has 12 heteroatoms. The van der Waals surface area contributed by atoms with Gasteiger partial charge in [-0.2, -0.15) is 17.6 Å². The first-order valence-corrected chi connectivity index (χ1v) is 16.0. The summed E-state index contributed by atoms with van der Waals surface area (Å²) < 4.78 is 133. The lowest BCUT2D eigenvalue weighted by atomic mass is 9.78. The molecule has 2 aliphatic rings. The molecular formula is C36H36F8O4. The highest BCUT2D eigenvalue weighted by Gasteiger charge is 2.42. The van der Waals surface area contributed by atoms with Crippen molar-refractivity contribution in [2.75, 3.05) is 13.2 Å². The summed E-state index contributed by atoms with van der Waals surface area (Å²) in [6.07, 6.45) is 0.921. The minimum atomic E-state index is -4.70. The Morgan fingerprint density at radius 3 is 1.98 bits per heavy atom. The average molecular weight is 685 g/mol. The molecule has 48 heavy (non-hydrogen) atoms. The minimum Gasteiger partial charge on any atom is -0.453 e. The second kappa shape index (κ2) is 15.7. The zero-order chi connectivity index (χ0) is 34.4. The molecule has 0 N–H and O–H groups in total. The number of alkyl halides is 2. The first-order valence-electron chi connectivity index (χ1n) is 16.0. The molecule has 3 aromatic rings. The van der Waals surface area contributed by atoms with Crippen LogP contribution in [0.15, 0.2) is 60.9 Å². The Kier molecular flexibility index (Phi) is 11.7. The van der Waals surface area contributed by atoms with Crippen LogP contribution in [0.3, 0.4) is 0 Å². The van der Waals surface area contributed by atoms with E-state index in [1.165, 1.54) is 19.3 Å². The van der Waals surface area contributed by atoms with E-state index < -0.39 is 52.5 Å². The number of unbranched alkanes of at least 4 members (excludes halogenated alkanes) is 2. The highest BCUT2D eigenvalue weighted by Crippen LogP contribution is 2.41. The van der Waals surface area contributed by atoms with Crippen LogP contribution in [0.5, 0.6) is 11.5 Å². The normalized spacial score (nSPS) is 21.5. The number of hydrogen-bond donors (Lipinski definition) is 0. The van der Waals surface area contributed by atoms with Crippen LogP contribution in [-0.4, -0.2) is 19.5 Å². The highest BCUT2D eigenvalue weighted by molar-refractivity contribution is 5.64. The molecular weight excluding hydrogens is 648 g/mol. The molecule has 2 fully saturated rings. The molecule has 1 aliphatic heterocycles. The Bertz CT molecular complexity index is 1510. The Labute approximate surface area is 273 Å². The molecule has 5 rings (SSSR count). The molecule has 1 aliphatic carbocycles. The van der Waals surface area contributed by atoms with Gasteiger partial charge in [-0.15, -0.1) is 0 Å². The summed E-state index contributed by atoms with van der Waals surface area (Å²) in [6, 6.07) is 8.86. The second-order valence-corrected chi connectivity index (χ2v) is 12.3. The molecule has 0 amide bonds. The second-order valence-electron chi connectivity index (χ2n) is 12.3. The van der Waals surface area contributed by atoms with Crippen molar-refractivity contribution < 1.29 is 54.1 Å². The first-order chi connectivity index (χ1) is 22.9. The van der Waals surface area contributed by atoms with Crippen LogP contribution in [0.4, 0.5) is 35.1 Å². The zero-order valence-corrected chi connectivity index (χ0v) is 26.2. The summed E-state index contributed by atoms with van der Waals surface area (Å²) in [6.45, 7) is 3.65. The van der Waals surface area contributed by atoms with Crippen molar-refractivity contribution in [2.45, 2.75) is 76.6 Å². The molecule has 1 saturated heterocycles. The zero-order valence-electron chi connectivity index (χ0n) is 26.2. The maximum atomic E-state index is 15.0. The molecule has 4 nitrogen and oxygen atoms in total. The molecule has 260 valence electrons. The summed E-state index contributed by atoms with van der Waals surface area (Å²) in [5.41, 5.74) is -0.345. The standard InChI is InChI=1S/C36H36F8O4/c1-2-3-4-5-21-18-46-35(47-19-21)25-12-10-23(11-13-25)22-6-8-24(9-7-22)26-14-28(37)33(29(38)15-26)36(43,44)48-27-16-30(39)34(31(40)17-27)45-20-32(41)42/h6-9,14-17,20-21,23,25,35H,2-5,10-13,18-19H2,1H3. The third-order valence-corrected chi connectivity index (χ3v) is 8.90. The largest absolute Gasteiger partial charge is 0.453 e. The Balaban J connectivity index is 1.19. The fourth-order valence-electron chi connectivity index (χ4n) is 6.38. The lowest BCUT2D eigenvalue weighted by molar-refractivity contribution is -0.229. The lowest BCUT2D eigenvalue weighted by Crippen LogP contribution is -2.38. The molecule has 3 aromatic carbocycles. The van der Waals surface area contributed by atoms with E-state index in [-0.39, 0.29) is 36.2 Å². The van der Waals surface area contributed by atoms with Crippen molar-refractivity contribution in [1.82, 2.24) is 0 Å². The molecule has 0 aromatic heterocycles. The van der Waals surface area contributed by atoms with Gasteiger partial charge in [0.15, 0.2) is 29.9 Å². The van der Waals surface area contributed by atoms with Crippen molar-refractivity contribution in [1.29, 1.82) is 0 Å². The molecule has 0 radical (unpaired) electrons. The SMILES string of the molecule is CCCCCC1COC(C2CCC(c3ccc(-c4cc(F)c(C(F)(F)Oc5cc(F)c(OC=C(F)F)c(F)c5)c(F)c4)cc3)CC2)OC1. The molecule has 0 unspecified atom stereocenters. The van der Waals surface area contributed by atoms with E-state index in [2.05, 4.69) is 16.4 Å². The van der Waals surface area contributed by atoms with E-state index in [0.717, 1.165) is 50.9 Å². The van der Waals surface area contributed by atoms with Gasteiger partial charge in [0, 0.05) is 24.0 Å². The summed E-state index contributed by atoms with van der Waals surface area (Å²) in [7, 11) is 0. The van der Waals surface area contributed by atoms with E-state index in [4.69, 9.17) is 9.47 Å². The van der Waals surface area contributed by atoms with Crippen molar-refractivity contribution in [3.05, 3.63) is 95.3 Å². The number of benzene rings is 3. The number of halogens is 8. The third kappa shape index (κ3) is 8.68. The fourth-order valence-corrected chi connectivity index (χ4v) is 6.38. The lowest BCUT2D eigenvalue weighted by Gasteiger charge is -2.37.